The SMILES string of the molecule is NC(=O)C1COCCN1C(=O)c1cc2ccccc2o1. The van der Waals surface area contributed by atoms with Crippen LogP contribution in [0.5, 0.6) is 0 Å². The fourth-order valence-electron chi connectivity index (χ4n) is 2.31. The number of carbonyl (C=O) groups is 2. The summed E-state index contributed by atoms with van der Waals surface area (Å²) in [6.07, 6.45) is 0. The molecule has 1 saturated heterocycles. The van der Waals surface area contributed by atoms with Crippen LogP contribution in [0.2, 0.25) is 0 Å². The molecule has 1 aromatic heterocycles. The number of primary amides is 1. The second kappa shape index (κ2) is 4.97. The third-order valence-electron chi connectivity index (χ3n) is 3.35. The van der Waals surface area contributed by atoms with Crippen molar-refractivity contribution in [1.29, 1.82) is 0 Å². The highest BCUT2D eigenvalue weighted by Gasteiger charge is 2.33. The summed E-state index contributed by atoms with van der Waals surface area (Å²) in [4.78, 5) is 25.2. The number of morpholine rings is 1. The average molecular weight is 274 g/mol. The van der Waals surface area contributed by atoms with Gasteiger partial charge in [0.2, 0.25) is 5.91 Å². The third-order valence-corrected chi connectivity index (χ3v) is 3.35. The Morgan fingerprint density at radius 3 is 2.85 bits per heavy atom. The van der Waals surface area contributed by atoms with Crippen LogP contribution >= 0.6 is 0 Å². The Balaban J connectivity index is 1.92. The Morgan fingerprint density at radius 2 is 2.10 bits per heavy atom. The fourth-order valence-corrected chi connectivity index (χ4v) is 2.31. The van der Waals surface area contributed by atoms with Gasteiger partial charge in [-0.1, -0.05) is 18.2 Å². The van der Waals surface area contributed by atoms with Crippen molar-refractivity contribution in [2.45, 2.75) is 6.04 Å². The minimum atomic E-state index is -0.746. The fraction of sp³-hybridized carbons (Fsp3) is 0.286. The highest BCUT2D eigenvalue weighted by molar-refractivity contribution is 5.98. The number of ether oxygens (including phenoxy) is 1. The first-order valence-electron chi connectivity index (χ1n) is 6.33. The number of rotatable bonds is 2. The summed E-state index contributed by atoms with van der Waals surface area (Å²) in [5, 5.41) is 0.847. The van der Waals surface area contributed by atoms with E-state index in [1.807, 2.05) is 18.2 Å². The second-order valence-corrected chi connectivity index (χ2v) is 4.64. The van der Waals surface area contributed by atoms with Crippen molar-refractivity contribution in [2.24, 2.45) is 5.73 Å². The molecule has 1 atom stereocenters. The minimum absolute atomic E-state index is 0.126. The lowest BCUT2D eigenvalue weighted by atomic mass is 10.2. The molecule has 1 unspecified atom stereocenters. The molecule has 6 heteroatoms. The number of benzene rings is 1. The molecule has 1 fully saturated rings. The molecule has 6 nitrogen and oxygen atoms in total. The zero-order valence-corrected chi connectivity index (χ0v) is 10.7. The predicted molar refractivity (Wildman–Crippen MR) is 71.1 cm³/mol. The number of nitrogens with zero attached hydrogens (tertiary/aromatic N) is 1. The largest absolute Gasteiger partial charge is 0.451 e. The van der Waals surface area contributed by atoms with Crippen molar-refractivity contribution in [3.05, 3.63) is 36.1 Å². The van der Waals surface area contributed by atoms with E-state index >= 15 is 0 Å². The zero-order chi connectivity index (χ0) is 14.1. The molecular formula is C14H14N2O4. The number of hydrogen-bond donors (Lipinski definition) is 1. The number of amides is 2. The molecule has 2 heterocycles. The standard InChI is InChI=1S/C14H14N2O4/c15-13(17)10-8-19-6-5-16(10)14(18)12-7-9-3-1-2-4-11(9)20-12/h1-4,7,10H,5-6,8H2,(H2,15,17). The Bertz CT molecular complexity index is 631. The minimum Gasteiger partial charge on any atom is -0.451 e. The number of furan rings is 1. The number of fused-ring (bicyclic) bond motifs is 1. The molecule has 0 bridgehead atoms. The van der Waals surface area contributed by atoms with E-state index in [1.54, 1.807) is 12.1 Å². The second-order valence-electron chi connectivity index (χ2n) is 4.64. The summed E-state index contributed by atoms with van der Waals surface area (Å²) < 4.78 is 10.7. The molecule has 20 heavy (non-hydrogen) atoms. The molecule has 0 aliphatic carbocycles. The van der Waals surface area contributed by atoms with Crippen LogP contribution < -0.4 is 5.73 Å². The van der Waals surface area contributed by atoms with Gasteiger partial charge < -0.3 is 19.8 Å². The maximum absolute atomic E-state index is 12.5. The smallest absolute Gasteiger partial charge is 0.290 e. The number of nitrogens with two attached hydrogens (primary N) is 1. The van der Waals surface area contributed by atoms with E-state index in [-0.39, 0.29) is 18.3 Å². The van der Waals surface area contributed by atoms with Crippen molar-refractivity contribution < 1.29 is 18.7 Å². The number of carbonyl (C=O) groups excluding carboxylic acids is 2. The van der Waals surface area contributed by atoms with Gasteiger partial charge in [-0.3, -0.25) is 9.59 Å². The molecule has 2 amide bonds. The topological polar surface area (TPSA) is 85.8 Å². The molecular weight excluding hydrogens is 260 g/mol. The van der Waals surface area contributed by atoms with Gasteiger partial charge in [0.15, 0.2) is 5.76 Å². The summed E-state index contributed by atoms with van der Waals surface area (Å²) in [5.41, 5.74) is 5.94. The zero-order valence-electron chi connectivity index (χ0n) is 10.7. The van der Waals surface area contributed by atoms with Crippen molar-refractivity contribution in [3.8, 4) is 0 Å². The van der Waals surface area contributed by atoms with Gasteiger partial charge in [-0.2, -0.15) is 0 Å². The Labute approximate surface area is 115 Å². The summed E-state index contributed by atoms with van der Waals surface area (Å²) >= 11 is 0. The quantitative estimate of drug-likeness (QED) is 0.876. The number of para-hydroxylation sites is 1. The molecule has 0 radical (unpaired) electrons. The van der Waals surface area contributed by atoms with E-state index in [0.29, 0.717) is 18.7 Å². The van der Waals surface area contributed by atoms with Crippen LogP contribution in [-0.4, -0.2) is 42.5 Å². The van der Waals surface area contributed by atoms with Gasteiger partial charge in [0.1, 0.15) is 11.6 Å². The van der Waals surface area contributed by atoms with Crippen molar-refractivity contribution >= 4 is 22.8 Å². The highest BCUT2D eigenvalue weighted by Crippen LogP contribution is 2.21. The molecule has 2 aromatic rings. The summed E-state index contributed by atoms with van der Waals surface area (Å²) in [6.45, 7) is 0.834. The predicted octanol–water partition coefficient (Wildman–Crippen LogP) is 0.759. The molecule has 3 rings (SSSR count). The van der Waals surface area contributed by atoms with E-state index < -0.39 is 11.9 Å². The van der Waals surface area contributed by atoms with Gasteiger partial charge in [0.25, 0.3) is 5.91 Å². The summed E-state index contributed by atoms with van der Waals surface area (Å²) in [6, 6.07) is 8.28. The monoisotopic (exact) mass is 274 g/mol. The van der Waals surface area contributed by atoms with Crippen molar-refractivity contribution in [2.75, 3.05) is 19.8 Å². The van der Waals surface area contributed by atoms with E-state index in [9.17, 15) is 9.59 Å². The lowest BCUT2D eigenvalue weighted by Gasteiger charge is -2.32. The maximum Gasteiger partial charge on any atom is 0.290 e. The van der Waals surface area contributed by atoms with Gasteiger partial charge >= 0.3 is 0 Å². The Morgan fingerprint density at radius 1 is 1.30 bits per heavy atom. The van der Waals surface area contributed by atoms with Crippen LogP contribution in [0.1, 0.15) is 10.6 Å². The van der Waals surface area contributed by atoms with Gasteiger partial charge in [-0.25, -0.2) is 0 Å². The summed E-state index contributed by atoms with van der Waals surface area (Å²) in [5.74, 6) is -0.707. The van der Waals surface area contributed by atoms with Gasteiger partial charge in [0.05, 0.1) is 13.2 Å². The van der Waals surface area contributed by atoms with Crippen molar-refractivity contribution in [3.63, 3.8) is 0 Å². The van der Waals surface area contributed by atoms with E-state index in [2.05, 4.69) is 0 Å². The molecule has 0 saturated carbocycles. The highest BCUT2D eigenvalue weighted by atomic mass is 16.5. The summed E-state index contributed by atoms with van der Waals surface area (Å²) in [7, 11) is 0. The van der Waals surface area contributed by atoms with Gasteiger partial charge in [-0.05, 0) is 12.1 Å². The van der Waals surface area contributed by atoms with Gasteiger partial charge in [-0.15, -0.1) is 0 Å². The molecule has 2 N–H and O–H groups in total. The first-order valence-corrected chi connectivity index (χ1v) is 6.33. The molecule has 104 valence electrons. The normalized spacial score (nSPS) is 19.2. The maximum atomic E-state index is 12.5. The van der Waals surface area contributed by atoms with Crippen LogP contribution in [0.3, 0.4) is 0 Å². The van der Waals surface area contributed by atoms with Crippen molar-refractivity contribution in [1.82, 2.24) is 4.90 Å². The lowest BCUT2D eigenvalue weighted by Crippen LogP contribution is -2.54. The molecule has 1 aliphatic rings. The van der Waals surface area contributed by atoms with E-state index in [0.717, 1.165) is 5.39 Å². The average Bonchev–Trinajstić information content (AvgIpc) is 2.90. The van der Waals surface area contributed by atoms with Crippen LogP contribution in [0, 0.1) is 0 Å². The Kier molecular flexibility index (Phi) is 3.15. The first kappa shape index (κ1) is 12.7. The van der Waals surface area contributed by atoms with Crippen LogP contribution in [0.4, 0.5) is 0 Å². The molecule has 1 aromatic carbocycles. The van der Waals surface area contributed by atoms with E-state index in [4.69, 9.17) is 14.9 Å². The first-order chi connectivity index (χ1) is 9.66. The lowest BCUT2D eigenvalue weighted by molar-refractivity contribution is -0.127. The molecule has 1 aliphatic heterocycles. The Hall–Kier alpha value is -2.34. The van der Waals surface area contributed by atoms with Gasteiger partial charge in [0, 0.05) is 11.9 Å². The van der Waals surface area contributed by atoms with Crippen LogP contribution in [0.25, 0.3) is 11.0 Å². The third kappa shape index (κ3) is 2.14. The van der Waals surface area contributed by atoms with Crippen LogP contribution in [0.15, 0.2) is 34.7 Å². The van der Waals surface area contributed by atoms with Crippen LogP contribution in [-0.2, 0) is 9.53 Å². The molecule has 0 spiro atoms. The number of hydrogen-bond acceptors (Lipinski definition) is 4. The van der Waals surface area contributed by atoms with E-state index in [1.165, 1.54) is 4.90 Å².